The predicted molar refractivity (Wildman–Crippen MR) is 75.6 cm³/mol. The molecule has 2 unspecified atom stereocenters. The lowest BCUT2D eigenvalue weighted by Crippen LogP contribution is -2.60. The van der Waals surface area contributed by atoms with E-state index in [0.29, 0.717) is 18.0 Å². The van der Waals surface area contributed by atoms with Crippen molar-refractivity contribution >= 4 is 0 Å². The van der Waals surface area contributed by atoms with Crippen molar-refractivity contribution in [3.05, 3.63) is 0 Å². The summed E-state index contributed by atoms with van der Waals surface area (Å²) in [6.45, 7) is 7.93. The van der Waals surface area contributed by atoms with Gasteiger partial charge < -0.3 is 15.3 Å². The molecule has 0 aliphatic heterocycles. The van der Waals surface area contributed by atoms with Crippen LogP contribution in [0.4, 0.5) is 0 Å². The van der Waals surface area contributed by atoms with Gasteiger partial charge in [-0.3, -0.25) is 0 Å². The summed E-state index contributed by atoms with van der Waals surface area (Å²) in [7, 11) is 2.22. The van der Waals surface area contributed by atoms with Gasteiger partial charge in [0.15, 0.2) is 0 Å². The van der Waals surface area contributed by atoms with E-state index in [1.54, 1.807) is 0 Å². The summed E-state index contributed by atoms with van der Waals surface area (Å²) in [6, 6.07) is 1.09. The third kappa shape index (κ3) is 3.25. The first kappa shape index (κ1) is 14.3. The molecule has 2 atom stereocenters. The minimum absolute atomic E-state index is 0.0773. The van der Waals surface area contributed by atoms with Gasteiger partial charge in [0.2, 0.25) is 0 Å². The van der Waals surface area contributed by atoms with Crippen molar-refractivity contribution in [2.24, 2.45) is 11.8 Å². The normalized spacial score (nSPS) is 25.5. The number of nitrogens with one attached hydrogen (secondary N) is 1. The third-order valence-electron chi connectivity index (χ3n) is 4.75. The Balaban J connectivity index is 1.98. The molecule has 106 valence electrons. The highest BCUT2D eigenvalue weighted by Gasteiger charge is 2.46. The molecule has 0 radical (unpaired) electrons. The first-order chi connectivity index (χ1) is 8.48. The Bertz CT molecular complexity index is 274. The topological polar surface area (TPSA) is 35.5 Å². The summed E-state index contributed by atoms with van der Waals surface area (Å²) in [5, 5.41) is 13.6. The fraction of sp³-hybridized carbons (Fsp3) is 1.00. The molecule has 2 fully saturated rings. The molecule has 0 aromatic heterocycles. The molecule has 0 aromatic carbocycles. The van der Waals surface area contributed by atoms with Crippen LogP contribution < -0.4 is 5.32 Å². The van der Waals surface area contributed by atoms with Crippen LogP contribution in [0.5, 0.6) is 0 Å². The molecular weight excluding hydrogens is 224 g/mol. The second-order valence-electron chi connectivity index (χ2n) is 6.88. The molecule has 0 spiro atoms. The van der Waals surface area contributed by atoms with Gasteiger partial charge in [-0.2, -0.15) is 0 Å². The van der Waals surface area contributed by atoms with Crippen molar-refractivity contribution in [2.75, 3.05) is 20.2 Å². The first-order valence-corrected chi connectivity index (χ1v) is 7.57. The Kier molecular flexibility index (Phi) is 4.35. The van der Waals surface area contributed by atoms with Gasteiger partial charge in [0.05, 0.1) is 12.1 Å². The average Bonchev–Trinajstić information content (AvgIpc) is 3.18. The maximum absolute atomic E-state index is 9.93. The van der Waals surface area contributed by atoms with Crippen molar-refractivity contribution in [1.82, 2.24) is 10.2 Å². The molecule has 2 aliphatic rings. The van der Waals surface area contributed by atoms with Crippen LogP contribution in [0.15, 0.2) is 0 Å². The summed E-state index contributed by atoms with van der Waals surface area (Å²) in [5.41, 5.74) is -0.0773. The molecule has 3 heteroatoms. The lowest BCUT2D eigenvalue weighted by atomic mass is 9.91. The van der Waals surface area contributed by atoms with Gasteiger partial charge >= 0.3 is 0 Å². The Morgan fingerprint density at radius 1 is 1.22 bits per heavy atom. The number of hydrogen-bond acceptors (Lipinski definition) is 3. The minimum atomic E-state index is -0.0773. The fourth-order valence-corrected chi connectivity index (χ4v) is 3.26. The molecule has 0 saturated heterocycles. The summed E-state index contributed by atoms with van der Waals surface area (Å²) < 4.78 is 0. The highest BCUT2D eigenvalue weighted by Crippen LogP contribution is 2.41. The highest BCUT2D eigenvalue weighted by molar-refractivity contribution is 5.04. The summed E-state index contributed by atoms with van der Waals surface area (Å²) >= 11 is 0. The van der Waals surface area contributed by atoms with E-state index in [4.69, 9.17) is 0 Å². The zero-order valence-electron chi connectivity index (χ0n) is 12.4. The van der Waals surface area contributed by atoms with Crippen LogP contribution in [-0.4, -0.2) is 47.8 Å². The molecule has 2 rings (SSSR count). The van der Waals surface area contributed by atoms with Gasteiger partial charge in [-0.1, -0.05) is 13.8 Å². The molecule has 2 N–H and O–H groups in total. The molecule has 0 amide bonds. The molecular formula is C15H30N2O. The Labute approximate surface area is 112 Å². The van der Waals surface area contributed by atoms with Crippen molar-refractivity contribution < 1.29 is 5.11 Å². The van der Waals surface area contributed by atoms with E-state index in [9.17, 15) is 5.11 Å². The Hall–Kier alpha value is -0.120. The standard InChI is InChI=1S/C15H30N2O/c1-11(2)16-15(10-18,14-7-8-14)9-17(4)12(3)13-5-6-13/h11-14,16,18H,5-10H2,1-4H3. The number of aliphatic hydroxyl groups is 1. The summed E-state index contributed by atoms with van der Waals surface area (Å²) in [6.07, 6.45) is 5.31. The van der Waals surface area contributed by atoms with Crippen LogP contribution in [0.1, 0.15) is 46.5 Å². The molecule has 3 nitrogen and oxygen atoms in total. The van der Waals surface area contributed by atoms with Crippen LogP contribution in [0.25, 0.3) is 0 Å². The second kappa shape index (κ2) is 5.48. The second-order valence-corrected chi connectivity index (χ2v) is 6.88. The number of likely N-dealkylation sites (N-methyl/N-ethyl adjacent to an activating group) is 1. The SMILES string of the molecule is CC(C)NC(CO)(CN(C)C(C)C1CC1)C1CC1. The number of nitrogens with zero attached hydrogens (tertiary/aromatic N) is 1. The van der Waals surface area contributed by atoms with Crippen LogP contribution in [-0.2, 0) is 0 Å². The molecule has 0 heterocycles. The van der Waals surface area contributed by atoms with Gasteiger partial charge in [-0.25, -0.2) is 0 Å². The largest absolute Gasteiger partial charge is 0.394 e. The summed E-state index contributed by atoms with van der Waals surface area (Å²) in [5.74, 6) is 1.56. The van der Waals surface area contributed by atoms with Gasteiger partial charge in [0.1, 0.15) is 0 Å². The van der Waals surface area contributed by atoms with Crippen molar-refractivity contribution in [3.63, 3.8) is 0 Å². The first-order valence-electron chi connectivity index (χ1n) is 7.57. The van der Waals surface area contributed by atoms with E-state index in [1.165, 1.54) is 25.7 Å². The lowest BCUT2D eigenvalue weighted by molar-refractivity contribution is 0.0760. The maximum Gasteiger partial charge on any atom is 0.0628 e. The van der Waals surface area contributed by atoms with E-state index in [1.807, 2.05) is 0 Å². The average molecular weight is 254 g/mol. The van der Waals surface area contributed by atoms with Crippen LogP contribution >= 0.6 is 0 Å². The quantitative estimate of drug-likeness (QED) is 0.694. The van der Waals surface area contributed by atoms with Gasteiger partial charge in [0.25, 0.3) is 0 Å². The van der Waals surface area contributed by atoms with Crippen molar-refractivity contribution in [2.45, 2.75) is 64.1 Å². The predicted octanol–water partition coefficient (Wildman–Crippen LogP) is 1.86. The monoisotopic (exact) mass is 254 g/mol. The van der Waals surface area contributed by atoms with E-state index in [-0.39, 0.29) is 12.1 Å². The number of rotatable bonds is 8. The summed E-state index contributed by atoms with van der Waals surface area (Å²) in [4.78, 5) is 2.46. The van der Waals surface area contributed by atoms with E-state index in [2.05, 4.69) is 38.0 Å². The highest BCUT2D eigenvalue weighted by atomic mass is 16.3. The number of aliphatic hydroxyl groups excluding tert-OH is 1. The third-order valence-corrected chi connectivity index (χ3v) is 4.75. The van der Waals surface area contributed by atoms with Gasteiger partial charge in [-0.15, -0.1) is 0 Å². The smallest absolute Gasteiger partial charge is 0.0628 e. The molecule has 18 heavy (non-hydrogen) atoms. The van der Waals surface area contributed by atoms with Gasteiger partial charge in [0, 0.05) is 18.6 Å². The zero-order valence-corrected chi connectivity index (χ0v) is 12.4. The van der Waals surface area contributed by atoms with E-state index >= 15 is 0 Å². The van der Waals surface area contributed by atoms with Crippen LogP contribution in [0.2, 0.25) is 0 Å². The van der Waals surface area contributed by atoms with Crippen LogP contribution in [0, 0.1) is 11.8 Å². The fourth-order valence-electron chi connectivity index (χ4n) is 3.26. The van der Waals surface area contributed by atoms with E-state index < -0.39 is 0 Å². The van der Waals surface area contributed by atoms with Crippen LogP contribution in [0.3, 0.4) is 0 Å². The molecule has 2 saturated carbocycles. The van der Waals surface area contributed by atoms with E-state index in [0.717, 1.165) is 12.5 Å². The zero-order chi connectivity index (χ0) is 13.3. The maximum atomic E-state index is 9.93. The Morgan fingerprint density at radius 2 is 1.83 bits per heavy atom. The Morgan fingerprint density at radius 3 is 2.22 bits per heavy atom. The van der Waals surface area contributed by atoms with Crippen molar-refractivity contribution in [3.8, 4) is 0 Å². The molecule has 2 aliphatic carbocycles. The van der Waals surface area contributed by atoms with Crippen molar-refractivity contribution in [1.29, 1.82) is 0 Å². The lowest BCUT2D eigenvalue weighted by Gasteiger charge is -2.40. The molecule has 0 aromatic rings. The van der Waals surface area contributed by atoms with Gasteiger partial charge in [-0.05, 0) is 51.5 Å². The minimum Gasteiger partial charge on any atom is -0.394 e. The number of hydrogen-bond donors (Lipinski definition) is 2. The molecule has 0 bridgehead atoms.